The first-order valence-corrected chi connectivity index (χ1v) is 28.6. The van der Waals surface area contributed by atoms with Crippen LogP contribution in [-0.2, 0) is 57.0 Å². The SMILES string of the molecule is [B]C1([B])C2CC[C@]3([B])C(CC=C4C5C[C@@]([B])(S)[C@@H](OC(C)=O)[C@H](OC(=O)/C(C)=C\O)[C@]5(CO)[C@H](O)C[C@]43[B])[C@@]2([B])CC[C@@H]1OC(OC(C(=O)OCCCC)C(C[C@@H](C)O)O[C@H]1CC[C@H](CO)O1)[C@H](C)OC1OC(CO)C(O)C(O)C1O. The van der Waals surface area contributed by atoms with E-state index in [2.05, 4.69) is 0 Å². The number of rotatable bonds is 22. The number of hydrogen-bond acceptors (Lipinski definition) is 22. The van der Waals surface area contributed by atoms with E-state index in [1.54, 1.807) is 0 Å². The average Bonchev–Trinajstić information content (AvgIpc) is 2.06. The lowest BCUT2D eigenvalue weighted by molar-refractivity contribution is -0.339. The van der Waals surface area contributed by atoms with Gasteiger partial charge in [0, 0.05) is 24.4 Å². The minimum Gasteiger partial charge on any atom is -0.515 e. The van der Waals surface area contributed by atoms with Crippen molar-refractivity contribution in [3.63, 3.8) is 0 Å². The lowest BCUT2D eigenvalue weighted by atomic mass is 9.20. The van der Waals surface area contributed by atoms with Crippen LogP contribution in [0.4, 0.5) is 0 Å². The molecule has 12 radical (unpaired) electrons. The summed E-state index contributed by atoms with van der Waals surface area (Å²) in [6, 6.07) is 0. The molecule has 21 nitrogen and oxygen atoms in total. The van der Waals surface area contributed by atoms with Crippen LogP contribution in [0.1, 0.15) is 112 Å². The molecule has 81 heavy (non-hydrogen) atoms. The Morgan fingerprint density at radius 1 is 0.852 bits per heavy atom. The Balaban J connectivity index is 1.23. The summed E-state index contributed by atoms with van der Waals surface area (Å²) >= 11 is 4.76. The highest BCUT2D eigenvalue weighted by atomic mass is 32.1. The van der Waals surface area contributed by atoms with Crippen molar-refractivity contribution in [2.75, 3.05) is 26.4 Å². The van der Waals surface area contributed by atoms with Crippen molar-refractivity contribution < 1.29 is 103 Å². The Bertz CT molecular complexity index is 2270. The van der Waals surface area contributed by atoms with Gasteiger partial charge in [-0.25, -0.2) is 9.59 Å². The molecular weight excluding hydrogens is 1070 g/mol. The Morgan fingerprint density at radius 2 is 1.56 bits per heavy atom. The molecule has 7 rings (SSSR count). The van der Waals surface area contributed by atoms with Gasteiger partial charge < -0.3 is 88.6 Å². The zero-order valence-corrected chi connectivity index (χ0v) is 47.7. The van der Waals surface area contributed by atoms with Crippen LogP contribution in [-0.4, -0.2) is 240 Å². The second kappa shape index (κ2) is 26.1. The number of aliphatic hydroxyl groups excluding tert-OH is 9. The summed E-state index contributed by atoms with van der Waals surface area (Å²) in [5, 5.41) is 90.6. The molecule has 9 N–H and O–H groups in total. The highest BCUT2D eigenvalue weighted by Gasteiger charge is 2.73. The molecule has 24 atom stereocenters. The van der Waals surface area contributed by atoms with Crippen LogP contribution in [0, 0.1) is 23.2 Å². The number of esters is 3. The fourth-order valence-electron chi connectivity index (χ4n) is 14.2. The maximum absolute atomic E-state index is 14.3. The average molecular weight is 1150 g/mol. The summed E-state index contributed by atoms with van der Waals surface area (Å²) in [4.78, 5) is 40.3. The first-order chi connectivity index (χ1) is 37.9. The van der Waals surface area contributed by atoms with Crippen LogP contribution in [0.2, 0.25) is 21.2 Å². The number of carbonyl (C=O) groups excluding carboxylic acids is 3. The Kier molecular flexibility index (Phi) is 21.4. The van der Waals surface area contributed by atoms with Crippen molar-refractivity contribution >= 4 is 77.6 Å². The summed E-state index contributed by atoms with van der Waals surface area (Å²) in [5.74, 6) is -5.27. The van der Waals surface area contributed by atoms with E-state index in [0.717, 1.165) is 6.92 Å². The van der Waals surface area contributed by atoms with Crippen molar-refractivity contribution in [3.05, 3.63) is 23.5 Å². The first-order valence-electron chi connectivity index (χ1n) is 28.1. The third kappa shape index (κ3) is 12.6. The number of fused-ring (bicyclic) bond motifs is 7. The molecule has 0 bridgehead atoms. The smallest absolute Gasteiger partial charge is 0.338 e. The van der Waals surface area contributed by atoms with E-state index in [0.29, 0.717) is 37.5 Å². The van der Waals surface area contributed by atoms with Crippen LogP contribution < -0.4 is 0 Å². The molecule has 2 aliphatic heterocycles. The van der Waals surface area contributed by atoms with Gasteiger partial charge in [0.25, 0.3) is 0 Å². The highest BCUT2D eigenvalue weighted by Crippen LogP contribution is 2.81. The van der Waals surface area contributed by atoms with Gasteiger partial charge in [-0.3, -0.25) is 4.79 Å². The number of aliphatic hydroxyl groups is 9. The first kappa shape index (κ1) is 66.4. The van der Waals surface area contributed by atoms with Crippen LogP contribution >= 0.6 is 12.6 Å². The van der Waals surface area contributed by atoms with Crippen molar-refractivity contribution in [2.45, 2.75) is 236 Å². The molecule has 0 aromatic heterocycles. The van der Waals surface area contributed by atoms with E-state index < -0.39 is 178 Å². The van der Waals surface area contributed by atoms with Gasteiger partial charge in [-0.05, 0) is 76.4 Å². The summed E-state index contributed by atoms with van der Waals surface area (Å²) in [6.45, 7) is 5.32. The molecule has 11 unspecified atom stereocenters. The largest absolute Gasteiger partial charge is 0.515 e. The zero-order chi connectivity index (χ0) is 59.9. The van der Waals surface area contributed by atoms with E-state index in [-0.39, 0.29) is 70.2 Å². The Hall–Kier alpha value is -2.13. The molecule has 5 aliphatic carbocycles. The topological polar surface area (TPSA) is 316 Å². The second-order valence-electron chi connectivity index (χ2n) is 23.9. The van der Waals surface area contributed by atoms with Gasteiger partial charge in [0.2, 0.25) is 0 Å². The normalized spacial score (nSPS) is 42.9. The number of ether oxygens (including phenoxy) is 9. The van der Waals surface area contributed by atoms with E-state index in [1.165, 1.54) is 20.8 Å². The fourth-order valence-corrected chi connectivity index (χ4v) is 14.6. The van der Waals surface area contributed by atoms with E-state index in [1.807, 2.05) is 13.0 Å². The molecular formula is C53H78B6O21S. The van der Waals surface area contributed by atoms with Crippen molar-refractivity contribution in [2.24, 2.45) is 23.2 Å². The second-order valence-corrected chi connectivity index (χ2v) is 24.8. The number of carbonyl (C=O) groups is 3. The third-order valence-corrected chi connectivity index (χ3v) is 19.1. The minimum absolute atomic E-state index is 0.00549. The van der Waals surface area contributed by atoms with Gasteiger partial charge >= 0.3 is 17.9 Å². The van der Waals surface area contributed by atoms with Gasteiger partial charge in [-0.15, -0.1) is 0 Å². The van der Waals surface area contributed by atoms with Crippen molar-refractivity contribution in [1.82, 2.24) is 0 Å². The van der Waals surface area contributed by atoms with Gasteiger partial charge in [-0.1, -0.05) is 66.0 Å². The van der Waals surface area contributed by atoms with Crippen molar-refractivity contribution in [3.8, 4) is 0 Å². The Morgan fingerprint density at radius 3 is 2.16 bits per heavy atom. The highest BCUT2D eigenvalue weighted by molar-refractivity contribution is 7.83. The monoisotopic (exact) mass is 1150 g/mol. The number of unbranched alkanes of at least 4 members (excludes halogenated alkanes) is 1. The summed E-state index contributed by atoms with van der Waals surface area (Å²) in [7, 11) is 44.5. The number of allylic oxidation sites excluding steroid dienone is 2. The molecule has 6 fully saturated rings. The standard InChI is InChI=1S/C53H78B6O21S/c1-6-7-16-72-45(71)41(31(17-25(3)64)76-37-11-8-28(21-61)75-37)79-46(26(4)73-47-40(69)39(68)38(67)32(22-62)77-47)78-36-13-14-49(54)33-10-9-29-30-18-52(57,81)43(74-27(5)65)42(80-44(70)24(2)20-60)48(30,23-63)35(66)19-51(29,56)50(33,55)15-12-34(49)53(36,58)59/h9,20,25-26,28,30-43,46-47,60-64,66-69,81H,6-8,10-19,21-23H2,1-5H3/b24-20-/t25-,26+,28-,30?,31?,32?,33?,34?,35-,36+,37+,38?,39?,40?,41?,42+,43+,46?,47?,48+,49+,50+,51+,52-/m1/s1. The number of hydrogen-bond donors (Lipinski definition) is 10. The summed E-state index contributed by atoms with van der Waals surface area (Å²) in [5.41, 5.74) is -1.55. The van der Waals surface area contributed by atoms with Gasteiger partial charge in [0.1, 0.15) is 42.7 Å². The zero-order valence-electron chi connectivity index (χ0n) is 46.8. The van der Waals surface area contributed by atoms with Gasteiger partial charge in [0.15, 0.2) is 31.1 Å². The lowest BCUT2D eigenvalue weighted by Gasteiger charge is -2.74. The Labute approximate surface area is 487 Å². The minimum atomic E-state index is -1.87. The molecule has 0 spiro atoms. The number of thiol groups is 1. The molecule has 28 heteroatoms. The quantitative estimate of drug-likeness (QED) is 0.00768. The van der Waals surface area contributed by atoms with E-state index >= 15 is 0 Å². The maximum Gasteiger partial charge on any atom is 0.338 e. The molecule has 7 aliphatic rings. The van der Waals surface area contributed by atoms with Crippen LogP contribution in [0.25, 0.3) is 0 Å². The third-order valence-electron chi connectivity index (χ3n) is 18.6. The molecule has 2 heterocycles. The van der Waals surface area contributed by atoms with Gasteiger partial charge in [0.05, 0.1) is 115 Å². The van der Waals surface area contributed by atoms with Crippen molar-refractivity contribution in [1.29, 1.82) is 0 Å². The lowest BCUT2D eigenvalue weighted by Crippen LogP contribution is -2.72. The summed E-state index contributed by atoms with van der Waals surface area (Å²) < 4.78 is 53.1. The molecule has 440 valence electrons. The van der Waals surface area contributed by atoms with E-state index in [9.17, 15) is 60.3 Å². The predicted octanol–water partition coefficient (Wildman–Crippen LogP) is -0.267. The molecule has 4 saturated carbocycles. The van der Waals surface area contributed by atoms with Crippen LogP contribution in [0.5, 0.6) is 0 Å². The maximum atomic E-state index is 14.3. The van der Waals surface area contributed by atoms with Crippen LogP contribution in [0.15, 0.2) is 23.5 Å². The van der Waals surface area contributed by atoms with E-state index in [4.69, 9.17) is 102 Å². The molecule has 2 saturated heterocycles. The summed E-state index contributed by atoms with van der Waals surface area (Å²) in [6.07, 6.45) is -18.9. The molecule has 0 amide bonds. The predicted molar refractivity (Wildman–Crippen MR) is 295 cm³/mol. The van der Waals surface area contributed by atoms with Gasteiger partial charge in [-0.2, -0.15) is 12.6 Å². The molecule has 0 aromatic carbocycles. The fraction of sp³-hybridized carbons (Fsp3) is 0.868. The van der Waals surface area contributed by atoms with Crippen LogP contribution in [0.3, 0.4) is 0 Å². The molecule has 0 aromatic rings.